The number of nitrogens with zero attached hydrogens (tertiary/aromatic N) is 2. The topological polar surface area (TPSA) is 29.9 Å². The van der Waals surface area contributed by atoms with Crippen molar-refractivity contribution in [1.82, 2.24) is 15.1 Å². The molecule has 0 saturated carbocycles. The fourth-order valence-electron chi connectivity index (χ4n) is 2.11. The Balaban J connectivity index is 1.81. The maximum absolute atomic E-state index is 4.28. The standard InChI is InChI=1S/C16H23N3/c1-4-19-12-16(11-18-19)10-17-14(3)9-15-7-5-13(2)6-8-15/h5-8,11-12,14,17H,4,9-10H2,1-3H3/t14-/m1/s1. The van der Waals surface area contributed by atoms with E-state index in [1.54, 1.807) is 0 Å². The molecule has 2 rings (SSSR count). The molecule has 0 spiro atoms. The highest BCUT2D eigenvalue weighted by molar-refractivity contribution is 5.22. The fraction of sp³-hybridized carbons (Fsp3) is 0.438. The average molecular weight is 257 g/mol. The van der Waals surface area contributed by atoms with E-state index >= 15 is 0 Å². The summed E-state index contributed by atoms with van der Waals surface area (Å²) >= 11 is 0. The third kappa shape index (κ3) is 4.21. The molecule has 0 unspecified atom stereocenters. The lowest BCUT2D eigenvalue weighted by molar-refractivity contribution is 0.545. The van der Waals surface area contributed by atoms with Crippen molar-refractivity contribution in [3.05, 3.63) is 53.3 Å². The summed E-state index contributed by atoms with van der Waals surface area (Å²) in [6.45, 7) is 8.26. The monoisotopic (exact) mass is 257 g/mol. The van der Waals surface area contributed by atoms with E-state index in [1.807, 2.05) is 10.9 Å². The van der Waals surface area contributed by atoms with Gasteiger partial charge in [-0.1, -0.05) is 29.8 Å². The summed E-state index contributed by atoms with van der Waals surface area (Å²) in [4.78, 5) is 0. The first-order chi connectivity index (χ1) is 9.17. The lowest BCUT2D eigenvalue weighted by atomic mass is 10.1. The van der Waals surface area contributed by atoms with Crippen LogP contribution in [0.15, 0.2) is 36.7 Å². The number of hydrogen-bond acceptors (Lipinski definition) is 2. The van der Waals surface area contributed by atoms with Gasteiger partial charge in [-0.15, -0.1) is 0 Å². The van der Waals surface area contributed by atoms with Crippen LogP contribution in [0.2, 0.25) is 0 Å². The Bertz CT molecular complexity index is 499. The minimum atomic E-state index is 0.465. The molecule has 3 heteroatoms. The first-order valence-electron chi connectivity index (χ1n) is 6.97. The summed E-state index contributed by atoms with van der Waals surface area (Å²) in [5.74, 6) is 0. The third-order valence-corrected chi connectivity index (χ3v) is 3.33. The van der Waals surface area contributed by atoms with E-state index in [4.69, 9.17) is 0 Å². The summed E-state index contributed by atoms with van der Waals surface area (Å²) in [5, 5.41) is 7.83. The zero-order valence-electron chi connectivity index (χ0n) is 12.1. The molecule has 0 fully saturated rings. The second-order valence-electron chi connectivity index (χ2n) is 5.18. The van der Waals surface area contributed by atoms with Crippen LogP contribution in [0.4, 0.5) is 0 Å². The molecule has 0 saturated heterocycles. The molecule has 19 heavy (non-hydrogen) atoms. The molecule has 1 N–H and O–H groups in total. The first-order valence-corrected chi connectivity index (χ1v) is 6.97. The van der Waals surface area contributed by atoms with Crippen LogP contribution in [0.1, 0.15) is 30.5 Å². The molecule has 1 atom stereocenters. The van der Waals surface area contributed by atoms with Crippen molar-refractivity contribution in [1.29, 1.82) is 0 Å². The highest BCUT2D eigenvalue weighted by atomic mass is 15.3. The number of aryl methyl sites for hydroxylation is 2. The van der Waals surface area contributed by atoms with Crippen molar-refractivity contribution in [3.8, 4) is 0 Å². The average Bonchev–Trinajstić information content (AvgIpc) is 2.87. The Morgan fingerprint density at radius 1 is 1.21 bits per heavy atom. The van der Waals surface area contributed by atoms with Gasteiger partial charge in [0.25, 0.3) is 0 Å². The Hall–Kier alpha value is -1.61. The summed E-state index contributed by atoms with van der Waals surface area (Å²) in [7, 11) is 0. The maximum Gasteiger partial charge on any atom is 0.0534 e. The van der Waals surface area contributed by atoms with E-state index in [0.29, 0.717) is 6.04 Å². The molecule has 2 aromatic rings. The SMILES string of the molecule is CCn1cc(CN[C@H](C)Cc2ccc(C)cc2)cn1. The molecule has 102 valence electrons. The lowest BCUT2D eigenvalue weighted by Gasteiger charge is -2.13. The highest BCUT2D eigenvalue weighted by Gasteiger charge is 2.04. The van der Waals surface area contributed by atoms with Gasteiger partial charge in [-0.3, -0.25) is 4.68 Å². The quantitative estimate of drug-likeness (QED) is 0.862. The molecule has 0 radical (unpaired) electrons. The lowest BCUT2D eigenvalue weighted by Crippen LogP contribution is -2.27. The normalized spacial score (nSPS) is 12.6. The van der Waals surface area contributed by atoms with Gasteiger partial charge in [-0.2, -0.15) is 5.10 Å². The molecule has 3 nitrogen and oxygen atoms in total. The predicted molar refractivity (Wildman–Crippen MR) is 79.1 cm³/mol. The molecule has 1 aromatic carbocycles. The van der Waals surface area contributed by atoms with Gasteiger partial charge in [0.15, 0.2) is 0 Å². The van der Waals surface area contributed by atoms with E-state index in [1.165, 1.54) is 16.7 Å². The van der Waals surface area contributed by atoms with Gasteiger partial charge in [-0.05, 0) is 32.8 Å². The van der Waals surface area contributed by atoms with Crippen LogP contribution in [-0.2, 0) is 19.5 Å². The molecule has 0 aliphatic rings. The van der Waals surface area contributed by atoms with Gasteiger partial charge in [0.2, 0.25) is 0 Å². The van der Waals surface area contributed by atoms with Crippen molar-refractivity contribution in [2.45, 2.75) is 46.3 Å². The number of nitrogens with one attached hydrogen (secondary N) is 1. The van der Waals surface area contributed by atoms with Crippen LogP contribution >= 0.6 is 0 Å². The molecule has 0 bridgehead atoms. The van der Waals surface area contributed by atoms with Crippen LogP contribution in [0, 0.1) is 6.92 Å². The van der Waals surface area contributed by atoms with Gasteiger partial charge in [-0.25, -0.2) is 0 Å². The van der Waals surface area contributed by atoms with Gasteiger partial charge in [0, 0.05) is 30.9 Å². The summed E-state index contributed by atoms with van der Waals surface area (Å²) in [6, 6.07) is 9.24. The van der Waals surface area contributed by atoms with Crippen molar-refractivity contribution >= 4 is 0 Å². The zero-order chi connectivity index (χ0) is 13.7. The van der Waals surface area contributed by atoms with E-state index in [0.717, 1.165) is 19.5 Å². The molecular weight excluding hydrogens is 234 g/mol. The second-order valence-corrected chi connectivity index (χ2v) is 5.18. The van der Waals surface area contributed by atoms with Crippen LogP contribution in [0.25, 0.3) is 0 Å². The van der Waals surface area contributed by atoms with E-state index in [-0.39, 0.29) is 0 Å². The van der Waals surface area contributed by atoms with Crippen molar-refractivity contribution in [3.63, 3.8) is 0 Å². The summed E-state index contributed by atoms with van der Waals surface area (Å²) in [6.07, 6.45) is 5.10. The smallest absolute Gasteiger partial charge is 0.0534 e. The largest absolute Gasteiger partial charge is 0.310 e. The molecule has 1 aromatic heterocycles. The predicted octanol–water partition coefficient (Wildman–Crippen LogP) is 2.93. The first kappa shape index (κ1) is 13.8. The summed E-state index contributed by atoms with van der Waals surface area (Å²) < 4.78 is 1.96. The Morgan fingerprint density at radius 2 is 1.95 bits per heavy atom. The third-order valence-electron chi connectivity index (χ3n) is 3.33. The number of aromatic nitrogens is 2. The van der Waals surface area contributed by atoms with Crippen LogP contribution in [0.3, 0.4) is 0 Å². The Kier molecular flexibility index (Phi) is 4.74. The highest BCUT2D eigenvalue weighted by Crippen LogP contribution is 2.06. The van der Waals surface area contributed by atoms with Crippen LogP contribution < -0.4 is 5.32 Å². The molecule has 0 aliphatic carbocycles. The summed E-state index contributed by atoms with van der Waals surface area (Å²) in [5.41, 5.74) is 3.95. The van der Waals surface area contributed by atoms with Crippen molar-refractivity contribution in [2.75, 3.05) is 0 Å². The molecule has 0 aliphatic heterocycles. The fourth-order valence-corrected chi connectivity index (χ4v) is 2.11. The van der Waals surface area contributed by atoms with E-state index in [9.17, 15) is 0 Å². The van der Waals surface area contributed by atoms with E-state index < -0.39 is 0 Å². The van der Waals surface area contributed by atoms with Gasteiger partial charge >= 0.3 is 0 Å². The van der Waals surface area contributed by atoms with Crippen molar-refractivity contribution in [2.24, 2.45) is 0 Å². The minimum Gasteiger partial charge on any atom is -0.310 e. The second kappa shape index (κ2) is 6.53. The maximum atomic E-state index is 4.28. The van der Waals surface area contributed by atoms with Gasteiger partial charge in [0.1, 0.15) is 0 Å². The molecule has 0 amide bonds. The van der Waals surface area contributed by atoms with Gasteiger partial charge in [0.05, 0.1) is 6.20 Å². The number of hydrogen-bond donors (Lipinski definition) is 1. The Morgan fingerprint density at radius 3 is 2.58 bits per heavy atom. The van der Waals surface area contributed by atoms with Crippen molar-refractivity contribution < 1.29 is 0 Å². The van der Waals surface area contributed by atoms with E-state index in [2.05, 4.69) is 61.6 Å². The Labute approximate surface area is 115 Å². The number of benzene rings is 1. The van der Waals surface area contributed by atoms with Crippen LogP contribution in [-0.4, -0.2) is 15.8 Å². The zero-order valence-corrected chi connectivity index (χ0v) is 12.1. The van der Waals surface area contributed by atoms with Crippen LogP contribution in [0.5, 0.6) is 0 Å². The van der Waals surface area contributed by atoms with Gasteiger partial charge < -0.3 is 5.32 Å². The number of rotatable bonds is 6. The molecular formula is C16H23N3. The minimum absolute atomic E-state index is 0.465. The molecule has 1 heterocycles.